The van der Waals surface area contributed by atoms with Crippen LogP contribution in [0, 0.1) is 13.8 Å². The third-order valence-corrected chi connectivity index (χ3v) is 7.58. The first-order valence-electron chi connectivity index (χ1n) is 9.11. The van der Waals surface area contributed by atoms with Crippen LogP contribution < -0.4 is 10.6 Å². The number of urea groups is 1. The van der Waals surface area contributed by atoms with Crippen molar-refractivity contribution in [3.8, 4) is 0 Å². The maximum absolute atomic E-state index is 12.1. The van der Waals surface area contributed by atoms with Crippen molar-refractivity contribution < 1.29 is 19.1 Å². The number of esters is 1. The van der Waals surface area contributed by atoms with E-state index in [-0.39, 0.29) is 0 Å². The molecule has 3 amide bonds. The van der Waals surface area contributed by atoms with Crippen LogP contribution in [0.3, 0.4) is 0 Å². The van der Waals surface area contributed by atoms with Gasteiger partial charge in [0.1, 0.15) is 0 Å². The van der Waals surface area contributed by atoms with Gasteiger partial charge in [0.25, 0.3) is 5.91 Å². The zero-order chi connectivity index (χ0) is 20.8. The minimum Gasteiger partial charge on any atom is -0.452 e. The largest absolute Gasteiger partial charge is 0.452 e. The normalized spacial score (nSPS) is 13.7. The van der Waals surface area contributed by atoms with Crippen molar-refractivity contribution in [2.24, 2.45) is 0 Å². The second-order valence-corrected chi connectivity index (χ2v) is 9.25. The summed E-state index contributed by atoms with van der Waals surface area (Å²) in [7, 11) is 0. The molecule has 0 bridgehead atoms. The number of carbonyl (C=O) groups is 3. The van der Waals surface area contributed by atoms with E-state index in [9.17, 15) is 14.4 Å². The van der Waals surface area contributed by atoms with Crippen molar-refractivity contribution in [2.75, 3.05) is 23.4 Å². The molecule has 152 valence electrons. The van der Waals surface area contributed by atoms with Crippen LogP contribution in [-0.2, 0) is 9.53 Å². The summed E-state index contributed by atoms with van der Waals surface area (Å²) >= 11 is 3.78. The van der Waals surface area contributed by atoms with Crippen molar-refractivity contribution >= 4 is 47.1 Å². The molecule has 2 aromatic carbocycles. The van der Waals surface area contributed by atoms with Gasteiger partial charge in [-0.3, -0.25) is 10.1 Å². The first-order chi connectivity index (χ1) is 13.9. The lowest BCUT2D eigenvalue weighted by Gasteiger charge is -2.11. The van der Waals surface area contributed by atoms with Crippen LogP contribution in [0.2, 0.25) is 0 Å². The fourth-order valence-electron chi connectivity index (χ4n) is 2.74. The van der Waals surface area contributed by atoms with E-state index in [0.717, 1.165) is 28.2 Å². The van der Waals surface area contributed by atoms with Crippen LogP contribution in [0.4, 0.5) is 10.5 Å². The molecule has 0 radical (unpaired) electrons. The topological polar surface area (TPSA) is 84.5 Å². The molecule has 3 rings (SSSR count). The van der Waals surface area contributed by atoms with E-state index in [2.05, 4.69) is 10.6 Å². The monoisotopic (exact) mass is 430 g/mol. The molecule has 0 atom stereocenters. The highest BCUT2D eigenvalue weighted by Gasteiger charge is 2.19. The van der Waals surface area contributed by atoms with Crippen LogP contribution in [0.5, 0.6) is 0 Å². The first-order valence-corrected chi connectivity index (χ1v) is 11.2. The van der Waals surface area contributed by atoms with Gasteiger partial charge in [0, 0.05) is 17.2 Å². The molecular formula is C21H22N2O4S2. The Labute approximate surface area is 178 Å². The van der Waals surface area contributed by atoms with Crippen molar-refractivity contribution in [3.63, 3.8) is 0 Å². The second kappa shape index (κ2) is 9.84. The van der Waals surface area contributed by atoms with Gasteiger partial charge in [0.05, 0.1) is 10.1 Å². The molecule has 1 saturated heterocycles. The third kappa shape index (κ3) is 5.77. The van der Waals surface area contributed by atoms with E-state index in [0.29, 0.717) is 15.8 Å². The number of rotatable bonds is 5. The van der Waals surface area contributed by atoms with E-state index in [1.54, 1.807) is 18.2 Å². The Morgan fingerprint density at radius 2 is 1.72 bits per heavy atom. The smallest absolute Gasteiger partial charge is 0.338 e. The van der Waals surface area contributed by atoms with Gasteiger partial charge in [-0.25, -0.2) is 9.59 Å². The van der Waals surface area contributed by atoms with Crippen molar-refractivity contribution in [1.82, 2.24) is 5.32 Å². The van der Waals surface area contributed by atoms with Gasteiger partial charge in [-0.2, -0.15) is 0 Å². The first kappa shape index (κ1) is 21.3. The number of hydrogen-bond acceptors (Lipinski definition) is 6. The van der Waals surface area contributed by atoms with Gasteiger partial charge < -0.3 is 10.1 Å². The predicted molar refractivity (Wildman–Crippen MR) is 117 cm³/mol. The summed E-state index contributed by atoms with van der Waals surface area (Å²) in [5, 5.41) is 4.78. The SMILES string of the molecule is Cc1cccc(NC(=O)NC(=O)COC(=O)c2ccc(C3SCCS3)cc2)c1C. The highest BCUT2D eigenvalue weighted by atomic mass is 32.2. The third-order valence-electron chi connectivity index (χ3n) is 4.48. The molecule has 6 nitrogen and oxygen atoms in total. The van der Waals surface area contributed by atoms with Crippen LogP contribution in [0.25, 0.3) is 0 Å². The van der Waals surface area contributed by atoms with Crippen LogP contribution in [0.15, 0.2) is 42.5 Å². The van der Waals surface area contributed by atoms with E-state index < -0.39 is 24.5 Å². The quantitative estimate of drug-likeness (QED) is 0.689. The Balaban J connectivity index is 1.46. The summed E-state index contributed by atoms with van der Waals surface area (Å²) in [6, 6.07) is 12.0. The number of thioether (sulfide) groups is 2. The van der Waals surface area contributed by atoms with Crippen molar-refractivity contribution in [1.29, 1.82) is 0 Å². The van der Waals surface area contributed by atoms with Crippen LogP contribution in [0.1, 0.15) is 31.6 Å². The Kier molecular flexibility index (Phi) is 7.22. The molecule has 0 aromatic heterocycles. The van der Waals surface area contributed by atoms with E-state index in [1.807, 2.05) is 61.6 Å². The Morgan fingerprint density at radius 3 is 2.41 bits per heavy atom. The number of ether oxygens (including phenoxy) is 1. The molecule has 0 saturated carbocycles. The maximum atomic E-state index is 12.1. The number of nitrogens with one attached hydrogen (secondary N) is 2. The van der Waals surface area contributed by atoms with E-state index in [1.165, 1.54) is 0 Å². The van der Waals surface area contributed by atoms with E-state index in [4.69, 9.17) is 4.74 Å². The van der Waals surface area contributed by atoms with Gasteiger partial charge in [-0.05, 0) is 48.7 Å². The molecule has 1 fully saturated rings. The number of hydrogen-bond donors (Lipinski definition) is 2. The molecule has 1 aliphatic rings. The lowest BCUT2D eigenvalue weighted by Crippen LogP contribution is -2.37. The fraction of sp³-hybridized carbons (Fsp3) is 0.286. The summed E-state index contributed by atoms with van der Waals surface area (Å²) in [5.41, 5.74) is 4.09. The van der Waals surface area contributed by atoms with Crippen molar-refractivity contribution in [2.45, 2.75) is 18.4 Å². The highest BCUT2D eigenvalue weighted by molar-refractivity contribution is 8.19. The molecule has 1 aliphatic heterocycles. The molecule has 29 heavy (non-hydrogen) atoms. The molecule has 1 heterocycles. The molecule has 2 aromatic rings. The summed E-state index contributed by atoms with van der Waals surface area (Å²) in [6.07, 6.45) is 0. The number of carbonyl (C=O) groups excluding carboxylic acids is 3. The number of benzene rings is 2. The van der Waals surface area contributed by atoms with Gasteiger partial charge in [-0.1, -0.05) is 24.3 Å². The van der Waals surface area contributed by atoms with Crippen LogP contribution in [-0.4, -0.2) is 36.0 Å². The molecule has 2 N–H and O–H groups in total. The number of anilines is 1. The number of aryl methyl sites for hydroxylation is 1. The molecule has 0 unspecified atom stereocenters. The van der Waals surface area contributed by atoms with Crippen molar-refractivity contribution in [3.05, 3.63) is 64.7 Å². The fourth-order valence-corrected chi connectivity index (χ4v) is 5.60. The standard InChI is InChI=1S/C21H22N2O4S2/c1-13-4-3-5-17(14(13)2)22-21(26)23-18(24)12-27-19(25)15-6-8-16(9-7-15)20-28-10-11-29-20/h3-9,20H,10-12H2,1-2H3,(H2,22,23,24,26). The maximum Gasteiger partial charge on any atom is 0.338 e. The minimum absolute atomic E-state index is 0.370. The molecule has 0 spiro atoms. The Morgan fingerprint density at radius 1 is 1.03 bits per heavy atom. The van der Waals surface area contributed by atoms with Gasteiger partial charge >= 0.3 is 12.0 Å². The average Bonchev–Trinajstić information content (AvgIpc) is 3.24. The zero-order valence-corrected chi connectivity index (χ0v) is 17.8. The minimum atomic E-state index is -0.698. The summed E-state index contributed by atoms with van der Waals surface area (Å²) in [4.78, 5) is 36.0. The average molecular weight is 431 g/mol. The van der Waals surface area contributed by atoms with Gasteiger partial charge in [0.15, 0.2) is 6.61 Å². The molecule has 8 heteroatoms. The summed E-state index contributed by atoms with van der Waals surface area (Å²) in [6.45, 7) is 3.28. The Bertz CT molecular complexity index is 909. The van der Waals surface area contributed by atoms with Crippen LogP contribution >= 0.6 is 23.5 Å². The second-order valence-electron chi connectivity index (χ2n) is 6.52. The Hall–Kier alpha value is -2.45. The zero-order valence-electron chi connectivity index (χ0n) is 16.2. The lowest BCUT2D eigenvalue weighted by atomic mass is 10.1. The predicted octanol–water partition coefficient (Wildman–Crippen LogP) is 4.29. The number of imide groups is 1. The summed E-state index contributed by atoms with van der Waals surface area (Å²) in [5.74, 6) is 0.959. The molecular weight excluding hydrogens is 408 g/mol. The lowest BCUT2D eigenvalue weighted by molar-refractivity contribution is -0.123. The van der Waals surface area contributed by atoms with Gasteiger partial charge in [-0.15, -0.1) is 23.5 Å². The summed E-state index contributed by atoms with van der Waals surface area (Å²) < 4.78 is 5.41. The number of amides is 3. The highest BCUT2D eigenvalue weighted by Crippen LogP contribution is 2.45. The van der Waals surface area contributed by atoms with Gasteiger partial charge in [0.2, 0.25) is 0 Å². The molecule has 0 aliphatic carbocycles. The van der Waals surface area contributed by atoms with E-state index >= 15 is 0 Å².